The summed E-state index contributed by atoms with van der Waals surface area (Å²) >= 11 is 0. The zero-order chi connectivity index (χ0) is 15.4. The summed E-state index contributed by atoms with van der Waals surface area (Å²) in [6, 6.07) is 6.94. The van der Waals surface area contributed by atoms with E-state index in [9.17, 15) is 17.6 Å². The van der Waals surface area contributed by atoms with E-state index in [0.717, 1.165) is 18.2 Å². The summed E-state index contributed by atoms with van der Waals surface area (Å²) in [5, 5.41) is 0. The maximum atomic E-state index is 13.6. The maximum absolute atomic E-state index is 13.6. The predicted molar refractivity (Wildman–Crippen MR) is 71.2 cm³/mol. The highest BCUT2D eigenvalue weighted by Crippen LogP contribution is 2.16. The summed E-state index contributed by atoms with van der Waals surface area (Å²) in [6.07, 6.45) is 0.378. The van der Waals surface area contributed by atoms with E-state index in [1.54, 1.807) is 0 Å². The van der Waals surface area contributed by atoms with Crippen LogP contribution in [0.4, 0.5) is 17.6 Å². The Hall–Kier alpha value is -1.92. The molecular weight excluding hydrogens is 284 g/mol. The van der Waals surface area contributed by atoms with Crippen LogP contribution in [0.5, 0.6) is 0 Å². The highest BCUT2D eigenvalue weighted by atomic mass is 19.2. The molecule has 1 atom stereocenters. The molecule has 0 heterocycles. The molecule has 2 aromatic rings. The molecule has 2 aromatic carbocycles. The molecule has 21 heavy (non-hydrogen) atoms. The standard InChI is InChI=1S/C15H14F4N2/c16-12-5-4-9(7-14(12)18)6-11(21-20)8-10-2-1-3-13(17)15(10)19/h1-5,7,11,21H,6,8,20H2. The van der Waals surface area contributed by atoms with Crippen molar-refractivity contribution < 1.29 is 17.6 Å². The van der Waals surface area contributed by atoms with Crippen molar-refractivity contribution in [1.29, 1.82) is 0 Å². The molecule has 0 spiro atoms. The highest BCUT2D eigenvalue weighted by Gasteiger charge is 2.15. The summed E-state index contributed by atoms with van der Waals surface area (Å²) in [4.78, 5) is 0. The van der Waals surface area contributed by atoms with Gasteiger partial charge in [-0.3, -0.25) is 11.3 Å². The van der Waals surface area contributed by atoms with Gasteiger partial charge in [0.25, 0.3) is 0 Å². The number of halogens is 4. The Labute approximate surface area is 119 Å². The molecule has 6 heteroatoms. The summed E-state index contributed by atoms with van der Waals surface area (Å²) in [5.41, 5.74) is 3.15. The van der Waals surface area contributed by atoms with E-state index in [2.05, 4.69) is 5.43 Å². The van der Waals surface area contributed by atoms with Crippen LogP contribution in [-0.4, -0.2) is 6.04 Å². The van der Waals surface area contributed by atoms with Crippen molar-refractivity contribution in [3.05, 3.63) is 70.8 Å². The molecule has 2 nitrogen and oxygen atoms in total. The number of nitrogens with one attached hydrogen (secondary N) is 1. The summed E-state index contributed by atoms with van der Waals surface area (Å²) in [5.74, 6) is 1.63. The minimum Gasteiger partial charge on any atom is -0.271 e. The average molecular weight is 298 g/mol. The minimum absolute atomic E-state index is 0.124. The second-order valence-electron chi connectivity index (χ2n) is 4.73. The van der Waals surface area contributed by atoms with Crippen LogP contribution < -0.4 is 11.3 Å². The lowest BCUT2D eigenvalue weighted by atomic mass is 9.99. The molecule has 0 aromatic heterocycles. The Morgan fingerprint density at radius 2 is 1.67 bits per heavy atom. The Morgan fingerprint density at radius 1 is 0.905 bits per heavy atom. The Balaban J connectivity index is 2.13. The predicted octanol–water partition coefficient (Wildman–Crippen LogP) is 2.86. The van der Waals surface area contributed by atoms with E-state index in [4.69, 9.17) is 5.84 Å². The van der Waals surface area contributed by atoms with Crippen LogP contribution in [0.15, 0.2) is 36.4 Å². The number of hydrogen-bond acceptors (Lipinski definition) is 2. The van der Waals surface area contributed by atoms with Gasteiger partial charge in [0, 0.05) is 6.04 Å². The third kappa shape index (κ3) is 3.80. The zero-order valence-corrected chi connectivity index (χ0v) is 11.0. The van der Waals surface area contributed by atoms with Crippen molar-refractivity contribution in [1.82, 2.24) is 5.43 Å². The van der Waals surface area contributed by atoms with Crippen LogP contribution in [0.1, 0.15) is 11.1 Å². The topological polar surface area (TPSA) is 38.0 Å². The van der Waals surface area contributed by atoms with Crippen LogP contribution in [0, 0.1) is 23.3 Å². The number of rotatable bonds is 5. The van der Waals surface area contributed by atoms with Gasteiger partial charge in [-0.05, 0) is 42.2 Å². The van der Waals surface area contributed by atoms with Crippen molar-refractivity contribution in [2.45, 2.75) is 18.9 Å². The molecule has 0 saturated heterocycles. The molecule has 0 radical (unpaired) electrons. The van der Waals surface area contributed by atoms with E-state index < -0.39 is 29.3 Å². The molecule has 0 amide bonds. The van der Waals surface area contributed by atoms with Gasteiger partial charge >= 0.3 is 0 Å². The lowest BCUT2D eigenvalue weighted by Crippen LogP contribution is -2.38. The molecule has 0 fully saturated rings. The molecule has 3 N–H and O–H groups in total. The van der Waals surface area contributed by atoms with Gasteiger partial charge in [-0.1, -0.05) is 18.2 Å². The van der Waals surface area contributed by atoms with E-state index in [1.807, 2.05) is 0 Å². The molecule has 2 rings (SSSR count). The SMILES string of the molecule is NNC(Cc1ccc(F)c(F)c1)Cc1cccc(F)c1F. The lowest BCUT2D eigenvalue weighted by Gasteiger charge is -2.16. The molecule has 0 aliphatic heterocycles. The Bertz CT molecular complexity index is 631. The van der Waals surface area contributed by atoms with Crippen LogP contribution >= 0.6 is 0 Å². The molecule has 0 aliphatic rings. The van der Waals surface area contributed by atoms with E-state index in [1.165, 1.54) is 18.2 Å². The fraction of sp³-hybridized carbons (Fsp3) is 0.200. The number of nitrogens with two attached hydrogens (primary N) is 1. The van der Waals surface area contributed by atoms with Crippen molar-refractivity contribution in [2.24, 2.45) is 5.84 Å². The minimum atomic E-state index is -0.958. The maximum Gasteiger partial charge on any atom is 0.162 e. The molecule has 0 aliphatic carbocycles. The molecule has 1 unspecified atom stereocenters. The van der Waals surface area contributed by atoms with Gasteiger partial charge in [0.05, 0.1) is 0 Å². The summed E-state index contributed by atoms with van der Waals surface area (Å²) < 4.78 is 52.7. The van der Waals surface area contributed by atoms with Gasteiger partial charge < -0.3 is 0 Å². The second kappa shape index (κ2) is 6.69. The first-order chi connectivity index (χ1) is 10.0. The quantitative estimate of drug-likeness (QED) is 0.506. The number of hydrazine groups is 1. The third-order valence-corrected chi connectivity index (χ3v) is 3.20. The van der Waals surface area contributed by atoms with Gasteiger partial charge in [-0.25, -0.2) is 17.6 Å². The smallest absolute Gasteiger partial charge is 0.162 e. The van der Waals surface area contributed by atoms with Gasteiger partial charge in [-0.2, -0.15) is 0 Å². The summed E-state index contributed by atoms with van der Waals surface area (Å²) in [6.45, 7) is 0. The lowest BCUT2D eigenvalue weighted by molar-refractivity contribution is 0.471. The monoisotopic (exact) mass is 298 g/mol. The number of benzene rings is 2. The van der Waals surface area contributed by atoms with Gasteiger partial charge in [0.2, 0.25) is 0 Å². The first kappa shape index (κ1) is 15.5. The van der Waals surface area contributed by atoms with Crippen LogP contribution in [0.25, 0.3) is 0 Å². The first-order valence-corrected chi connectivity index (χ1v) is 6.34. The van der Waals surface area contributed by atoms with Crippen molar-refractivity contribution in [3.63, 3.8) is 0 Å². The van der Waals surface area contributed by atoms with E-state index in [-0.39, 0.29) is 18.4 Å². The van der Waals surface area contributed by atoms with Crippen LogP contribution in [-0.2, 0) is 12.8 Å². The normalized spacial score (nSPS) is 12.4. The fourth-order valence-corrected chi connectivity index (χ4v) is 2.11. The molecule has 0 saturated carbocycles. The highest BCUT2D eigenvalue weighted by molar-refractivity contribution is 5.22. The van der Waals surface area contributed by atoms with Crippen molar-refractivity contribution in [2.75, 3.05) is 0 Å². The Morgan fingerprint density at radius 3 is 2.33 bits per heavy atom. The molecule has 112 valence electrons. The summed E-state index contributed by atoms with van der Waals surface area (Å²) in [7, 11) is 0. The van der Waals surface area contributed by atoms with Crippen LogP contribution in [0.2, 0.25) is 0 Å². The van der Waals surface area contributed by atoms with Crippen molar-refractivity contribution in [3.8, 4) is 0 Å². The average Bonchev–Trinajstić information content (AvgIpc) is 2.47. The van der Waals surface area contributed by atoms with Crippen LogP contribution in [0.3, 0.4) is 0 Å². The van der Waals surface area contributed by atoms with E-state index >= 15 is 0 Å². The third-order valence-electron chi connectivity index (χ3n) is 3.20. The van der Waals surface area contributed by atoms with Gasteiger partial charge in [0.1, 0.15) is 0 Å². The van der Waals surface area contributed by atoms with Gasteiger partial charge in [0.15, 0.2) is 23.3 Å². The molecule has 0 bridgehead atoms. The number of hydrogen-bond donors (Lipinski definition) is 2. The first-order valence-electron chi connectivity index (χ1n) is 6.34. The zero-order valence-electron chi connectivity index (χ0n) is 11.0. The Kier molecular flexibility index (Phi) is 4.93. The second-order valence-corrected chi connectivity index (χ2v) is 4.73. The van der Waals surface area contributed by atoms with Crippen molar-refractivity contribution >= 4 is 0 Å². The largest absolute Gasteiger partial charge is 0.271 e. The van der Waals surface area contributed by atoms with Gasteiger partial charge in [-0.15, -0.1) is 0 Å². The molecular formula is C15H14F4N2. The van der Waals surface area contributed by atoms with E-state index in [0.29, 0.717) is 5.56 Å². The fourth-order valence-electron chi connectivity index (χ4n) is 2.11.